The van der Waals surface area contributed by atoms with Crippen LogP contribution in [0.1, 0.15) is 32.6 Å². The molecule has 0 bridgehead atoms. The molecule has 0 fully saturated rings. The molecule has 0 unspecified atom stereocenters. The van der Waals surface area contributed by atoms with Crippen molar-refractivity contribution < 1.29 is 14.6 Å². The molecule has 234 valence electrons. The van der Waals surface area contributed by atoms with Gasteiger partial charge in [0.15, 0.2) is 5.82 Å². The van der Waals surface area contributed by atoms with Gasteiger partial charge in [0.25, 0.3) is 0 Å². The van der Waals surface area contributed by atoms with Crippen LogP contribution in [0.3, 0.4) is 0 Å². The number of carbonyl (C=O) groups is 1. The van der Waals surface area contributed by atoms with Crippen molar-refractivity contribution in [1.29, 1.82) is 0 Å². The second-order valence-electron chi connectivity index (χ2n) is 11.3. The number of benzene rings is 6. The second kappa shape index (κ2) is 13.1. The highest BCUT2D eigenvalue weighted by Gasteiger charge is 2.42. The molecule has 0 atom stereocenters. The first kappa shape index (κ1) is 30.1. The number of carboxylic acids is 1. The largest absolute Gasteiger partial charge is 0.487 e. The maximum absolute atomic E-state index is 11.4. The van der Waals surface area contributed by atoms with Crippen molar-refractivity contribution in [2.24, 2.45) is 0 Å². The number of nitrogens with two attached hydrogens (primary N) is 1. The van der Waals surface area contributed by atoms with Gasteiger partial charge in [-0.05, 0) is 62.0 Å². The number of aromatic carboxylic acids is 1. The van der Waals surface area contributed by atoms with E-state index in [2.05, 4.69) is 52.8 Å². The van der Waals surface area contributed by atoms with Crippen molar-refractivity contribution in [2.45, 2.75) is 12.1 Å². The van der Waals surface area contributed by atoms with E-state index < -0.39 is 11.5 Å². The Morgan fingerprint density at radius 1 is 0.688 bits per heavy atom. The fraction of sp³-hybridized carbons (Fsp3) is 0.0500. The lowest BCUT2D eigenvalue weighted by molar-refractivity contribution is 0.0696. The van der Waals surface area contributed by atoms with Crippen LogP contribution >= 0.6 is 0 Å². The van der Waals surface area contributed by atoms with E-state index in [0.717, 1.165) is 38.9 Å². The molecule has 48 heavy (non-hydrogen) atoms. The van der Waals surface area contributed by atoms with Crippen LogP contribution in [0, 0.1) is 0 Å². The van der Waals surface area contributed by atoms with Crippen molar-refractivity contribution >= 4 is 11.7 Å². The van der Waals surface area contributed by atoms with E-state index in [1.54, 1.807) is 0 Å². The van der Waals surface area contributed by atoms with Crippen LogP contribution < -0.4 is 10.5 Å². The summed E-state index contributed by atoms with van der Waals surface area (Å²) in [5.74, 6) is -0.0966. The fourth-order valence-electron chi connectivity index (χ4n) is 6.15. The Morgan fingerprint density at radius 2 is 1.23 bits per heavy atom. The normalized spacial score (nSPS) is 11.2. The molecule has 7 rings (SSSR count). The number of carboxylic acid groups (broad SMARTS) is 1. The van der Waals surface area contributed by atoms with Gasteiger partial charge in [0.05, 0.1) is 11.3 Å². The molecule has 0 saturated carbocycles. The molecule has 0 spiro atoms. The molecule has 7 aromatic rings. The zero-order chi connectivity index (χ0) is 32.9. The molecule has 8 nitrogen and oxygen atoms in total. The first-order chi connectivity index (χ1) is 23.6. The molecule has 1 aromatic heterocycles. The van der Waals surface area contributed by atoms with Gasteiger partial charge in [-0.15, -0.1) is 5.10 Å². The van der Waals surface area contributed by atoms with Crippen molar-refractivity contribution in [2.75, 3.05) is 5.73 Å². The quantitative estimate of drug-likeness (QED) is 0.118. The average Bonchev–Trinajstić information content (AvgIpc) is 3.63. The summed E-state index contributed by atoms with van der Waals surface area (Å²) >= 11 is 0. The molecule has 1 heterocycles. The van der Waals surface area contributed by atoms with E-state index in [1.807, 2.05) is 102 Å². The topological polar surface area (TPSA) is 116 Å². The lowest BCUT2D eigenvalue weighted by Gasteiger charge is -2.36. The third-order valence-electron chi connectivity index (χ3n) is 8.45. The van der Waals surface area contributed by atoms with Crippen LogP contribution in [0.15, 0.2) is 158 Å². The number of hydrogen-bond donors (Lipinski definition) is 2. The van der Waals surface area contributed by atoms with E-state index >= 15 is 0 Å². The smallest absolute Gasteiger partial charge is 0.335 e. The molecule has 6 aromatic carbocycles. The molecule has 0 aliphatic carbocycles. The Balaban J connectivity index is 1.30. The van der Waals surface area contributed by atoms with E-state index in [1.165, 1.54) is 18.2 Å². The zero-order valence-corrected chi connectivity index (χ0v) is 25.8. The summed E-state index contributed by atoms with van der Waals surface area (Å²) in [6.07, 6.45) is 0. The lowest BCUT2D eigenvalue weighted by Crippen LogP contribution is -2.39. The summed E-state index contributed by atoms with van der Waals surface area (Å²) in [5, 5.41) is 23.0. The molecule has 8 heteroatoms. The van der Waals surface area contributed by atoms with Gasteiger partial charge in [-0.25, -0.2) is 9.48 Å². The van der Waals surface area contributed by atoms with Gasteiger partial charge in [0.2, 0.25) is 0 Å². The van der Waals surface area contributed by atoms with Crippen molar-refractivity contribution in [3.05, 3.63) is 186 Å². The minimum absolute atomic E-state index is 0.115. The Morgan fingerprint density at radius 3 is 1.79 bits per heavy atom. The van der Waals surface area contributed by atoms with Crippen LogP contribution in [-0.2, 0) is 12.1 Å². The Kier molecular flexibility index (Phi) is 8.20. The van der Waals surface area contributed by atoms with Crippen LogP contribution in [0.25, 0.3) is 22.5 Å². The summed E-state index contributed by atoms with van der Waals surface area (Å²) in [6, 6.07) is 51.5. The zero-order valence-electron chi connectivity index (χ0n) is 25.8. The minimum Gasteiger partial charge on any atom is -0.487 e. The van der Waals surface area contributed by atoms with Crippen molar-refractivity contribution in [3.8, 4) is 28.3 Å². The SMILES string of the molecule is Nc1ccc(C(=O)O)cc1OCc1ccc(-c2ccccc2-c2nnnn2C(c2ccccc2)(c2ccccc2)c2ccccc2)cc1. The minimum atomic E-state index is -1.04. The van der Waals surface area contributed by atoms with Crippen molar-refractivity contribution in [1.82, 2.24) is 20.2 Å². The third-order valence-corrected chi connectivity index (χ3v) is 8.45. The van der Waals surface area contributed by atoms with Crippen LogP contribution in [0.5, 0.6) is 5.75 Å². The predicted molar refractivity (Wildman–Crippen MR) is 185 cm³/mol. The van der Waals surface area contributed by atoms with E-state index in [9.17, 15) is 9.90 Å². The number of anilines is 1. The van der Waals surface area contributed by atoms with Gasteiger partial charge in [-0.3, -0.25) is 0 Å². The first-order valence-electron chi connectivity index (χ1n) is 15.5. The van der Waals surface area contributed by atoms with E-state index in [4.69, 9.17) is 15.7 Å². The molecule has 0 saturated heterocycles. The predicted octanol–water partition coefficient (Wildman–Crippen LogP) is 7.71. The van der Waals surface area contributed by atoms with Gasteiger partial charge in [-0.2, -0.15) is 0 Å². The Hall–Kier alpha value is -6.54. The second-order valence-corrected chi connectivity index (χ2v) is 11.3. The van der Waals surface area contributed by atoms with Gasteiger partial charge in [0.1, 0.15) is 17.9 Å². The molecular weight excluding hydrogens is 598 g/mol. The van der Waals surface area contributed by atoms with Crippen LogP contribution in [0.2, 0.25) is 0 Å². The Bertz CT molecular complexity index is 2070. The van der Waals surface area contributed by atoms with Gasteiger partial charge in [0, 0.05) is 5.56 Å². The number of tetrazole rings is 1. The number of nitrogen functional groups attached to an aromatic ring is 1. The monoisotopic (exact) mass is 629 g/mol. The van der Waals surface area contributed by atoms with Crippen molar-refractivity contribution in [3.63, 3.8) is 0 Å². The van der Waals surface area contributed by atoms with E-state index in [-0.39, 0.29) is 12.2 Å². The molecule has 0 radical (unpaired) electrons. The lowest BCUT2D eigenvalue weighted by atomic mass is 9.77. The standard InChI is InChI=1S/C40H31N5O3/c41-36-25-24-30(39(46)47)26-37(36)48-27-28-20-22-29(23-21-28)34-18-10-11-19-35(34)38-42-43-44-45(38)40(31-12-4-1-5-13-31,32-14-6-2-7-15-32)33-16-8-3-9-17-33/h1-26H,27,41H2,(H,46,47). The van der Waals surface area contributed by atoms with Gasteiger partial charge in [-0.1, -0.05) is 140 Å². The number of rotatable bonds is 10. The third kappa shape index (κ3) is 5.56. The maximum atomic E-state index is 11.4. The molecule has 3 N–H and O–H groups in total. The van der Waals surface area contributed by atoms with Gasteiger partial charge >= 0.3 is 5.97 Å². The number of aromatic nitrogens is 4. The maximum Gasteiger partial charge on any atom is 0.335 e. The average molecular weight is 630 g/mol. The van der Waals surface area contributed by atoms with E-state index in [0.29, 0.717) is 17.3 Å². The summed E-state index contributed by atoms with van der Waals surface area (Å²) in [7, 11) is 0. The molecule has 0 amide bonds. The number of nitrogens with zero attached hydrogens (tertiary/aromatic N) is 4. The number of hydrogen-bond acceptors (Lipinski definition) is 6. The Labute approximate surface area is 277 Å². The molecule has 0 aliphatic heterocycles. The molecular formula is C40H31N5O3. The number of ether oxygens (including phenoxy) is 1. The van der Waals surface area contributed by atoms with Crippen LogP contribution in [-0.4, -0.2) is 31.3 Å². The van der Waals surface area contributed by atoms with Gasteiger partial charge < -0.3 is 15.6 Å². The highest BCUT2D eigenvalue weighted by Crippen LogP contribution is 2.43. The summed E-state index contributed by atoms with van der Waals surface area (Å²) in [6.45, 7) is 0.223. The molecule has 0 aliphatic rings. The van der Waals surface area contributed by atoms with Crippen LogP contribution in [0.4, 0.5) is 5.69 Å². The summed E-state index contributed by atoms with van der Waals surface area (Å²) in [5.41, 5.74) is 12.4. The first-order valence-corrected chi connectivity index (χ1v) is 15.5. The summed E-state index contributed by atoms with van der Waals surface area (Å²) in [4.78, 5) is 11.4. The fourth-order valence-corrected chi connectivity index (χ4v) is 6.15. The summed E-state index contributed by atoms with van der Waals surface area (Å²) < 4.78 is 7.84. The highest BCUT2D eigenvalue weighted by molar-refractivity contribution is 5.89. The highest BCUT2D eigenvalue weighted by atomic mass is 16.5.